The zero-order chi connectivity index (χ0) is 25.2. The van der Waals surface area contributed by atoms with Gasteiger partial charge in [0.15, 0.2) is 0 Å². The number of benzene rings is 1. The van der Waals surface area contributed by atoms with Gasteiger partial charge < -0.3 is 19.6 Å². The molecular formula is C24H20F3N3O5. The molecule has 0 saturated carbocycles. The SMILES string of the molecule is COc1ccc(OC)c(C=Cc2cc(-c3cc4c(n3OC(=O)C(F)(F)F)CCNC4=O)ccn2)c1. The average molecular weight is 487 g/mol. The van der Waals surface area contributed by atoms with Crippen LogP contribution in [0.2, 0.25) is 0 Å². The van der Waals surface area contributed by atoms with Crippen LogP contribution in [0.5, 0.6) is 11.5 Å². The van der Waals surface area contributed by atoms with Gasteiger partial charge in [-0.2, -0.15) is 17.9 Å². The van der Waals surface area contributed by atoms with Crippen LogP contribution in [-0.2, 0) is 11.2 Å². The molecule has 3 aromatic rings. The van der Waals surface area contributed by atoms with Crippen LogP contribution in [0.15, 0.2) is 42.6 Å². The van der Waals surface area contributed by atoms with E-state index >= 15 is 0 Å². The molecule has 8 nitrogen and oxygen atoms in total. The van der Waals surface area contributed by atoms with E-state index in [2.05, 4.69) is 15.1 Å². The fraction of sp³-hybridized carbons (Fsp3) is 0.208. The third-order valence-corrected chi connectivity index (χ3v) is 5.30. The Bertz CT molecular complexity index is 1310. The van der Waals surface area contributed by atoms with Gasteiger partial charge in [-0.3, -0.25) is 9.78 Å². The molecule has 0 fully saturated rings. The summed E-state index contributed by atoms with van der Waals surface area (Å²) in [5.74, 6) is -1.62. The maximum absolute atomic E-state index is 12.9. The molecule has 182 valence electrons. The first-order valence-electron chi connectivity index (χ1n) is 10.4. The van der Waals surface area contributed by atoms with Crippen LogP contribution in [-0.4, -0.2) is 48.5 Å². The number of alkyl halides is 3. The highest BCUT2D eigenvalue weighted by Gasteiger charge is 2.43. The first-order chi connectivity index (χ1) is 16.7. The maximum Gasteiger partial charge on any atom is 0.493 e. The van der Waals surface area contributed by atoms with E-state index in [9.17, 15) is 22.8 Å². The number of pyridine rings is 1. The summed E-state index contributed by atoms with van der Waals surface area (Å²) < 4.78 is 50.1. The maximum atomic E-state index is 12.9. The summed E-state index contributed by atoms with van der Waals surface area (Å²) >= 11 is 0. The van der Waals surface area contributed by atoms with E-state index in [4.69, 9.17) is 9.47 Å². The van der Waals surface area contributed by atoms with Crippen LogP contribution in [0.25, 0.3) is 23.4 Å². The number of halogens is 3. The van der Waals surface area contributed by atoms with Crippen LogP contribution >= 0.6 is 0 Å². The van der Waals surface area contributed by atoms with Crippen LogP contribution in [0.4, 0.5) is 13.2 Å². The number of carbonyl (C=O) groups is 2. The zero-order valence-corrected chi connectivity index (χ0v) is 18.7. The number of hydrogen-bond donors (Lipinski definition) is 1. The molecule has 11 heteroatoms. The number of aromatic nitrogens is 2. The van der Waals surface area contributed by atoms with Gasteiger partial charge in [-0.25, -0.2) is 4.79 Å². The number of methoxy groups -OCH3 is 2. The third-order valence-electron chi connectivity index (χ3n) is 5.30. The Morgan fingerprint density at radius 2 is 1.91 bits per heavy atom. The fourth-order valence-corrected chi connectivity index (χ4v) is 3.64. The van der Waals surface area contributed by atoms with Gasteiger partial charge >= 0.3 is 12.1 Å². The van der Waals surface area contributed by atoms with Crippen molar-refractivity contribution < 1.29 is 37.1 Å². The van der Waals surface area contributed by atoms with Gasteiger partial charge in [-0.15, -0.1) is 0 Å². The highest BCUT2D eigenvalue weighted by atomic mass is 19.4. The van der Waals surface area contributed by atoms with Gasteiger partial charge in [-0.05, 0) is 48.6 Å². The largest absolute Gasteiger partial charge is 0.497 e. The second-order valence-electron chi connectivity index (χ2n) is 7.48. The second-order valence-corrected chi connectivity index (χ2v) is 7.48. The number of rotatable bonds is 6. The Balaban J connectivity index is 1.73. The molecule has 1 N–H and O–H groups in total. The Morgan fingerprint density at radius 3 is 2.63 bits per heavy atom. The molecule has 0 unspecified atom stereocenters. The molecule has 35 heavy (non-hydrogen) atoms. The van der Waals surface area contributed by atoms with E-state index in [1.165, 1.54) is 19.4 Å². The Labute approximate surface area is 197 Å². The van der Waals surface area contributed by atoms with Crippen molar-refractivity contribution in [2.75, 3.05) is 20.8 Å². The van der Waals surface area contributed by atoms with Crippen molar-refractivity contribution in [2.45, 2.75) is 12.6 Å². The van der Waals surface area contributed by atoms with Gasteiger partial charge in [0.05, 0.1) is 36.9 Å². The summed E-state index contributed by atoms with van der Waals surface area (Å²) in [6.07, 6.45) is -0.121. The third kappa shape index (κ3) is 4.98. The van der Waals surface area contributed by atoms with Gasteiger partial charge in [0, 0.05) is 30.3 Å². The lowest BCUT2D eigenvalue weighted by molar-refractivity contribution is -0.199. The van der Waals surface area contributed by atoms with Crippen LogP contribution in [0.3, 0.4) is 0 Å². The zero-order valence-electron chi connectivity index (χ0n) is 18.7. The van der Waals surface area contributed by atoms with Gasteiger partial charge in [0.25, 0.3) is 5.91 Å². The number of carbonyl (C=O) groups excluding carboxylic acids is 2. The smallest absolute Gasteiger partial charge is 0.493 e. The van der Waals surface area contributed by atoms with Crippen molar-refractivity contribution in [2.24, 2.45) is 0 Å². The molecule has 1 aliphatic rings. The van der Waals surface area contributed by atoms with E-state index < -0.39 is 18.1 Å². The monoisotopic (exact) mass is 487 g/mol. The van der Waals surface area contributed by atoms with Gasteiger partial charge in [0.2, 0.25) is 0 Å². The quantitative estimate of drug-likeness (QED) is 0.572. The van der Waals surface area contributed by atoms with Gasteiger partial charge in [-0.1, -0.05) is 0 Å². The Morgan fingerprint density at radius 1 is 1.11 bits per heavy atom. The molecule has 1 aromatic carbocycles. The van der Waals surface area contributed by atoms with E-state index in [1.54, 1.807) is 49.6 Å². The van der Waals surface area contributed by atoms with Gasteiger partial charge in [0.1, 0.15) is 11.5 Å². The molecule has 3 heterocycles. The van der Waals surface area contributed by atoms with E-state index in [1.807, 2.05) is 0 Å². The molecular weight excluding hydrogens is 467 g/mol. The predicted octanol–water partition coefficient (Wildman–Crippen LogP) is 3.54. The average Bonchev–Trinajstić information content (AvgIpc) is 3.21. The van der Waals surface area contributed by atoms with Crippen molar-refractivity contribution in [1.82, 2.24) is 15.0 Å². The lowest BCUT2D eigenvalue weighted by Gasteiger charge is -2.17. The Hall–Kier alpha value is -4.28. The van der Waals surface area contributed by atoms with E-state index in [0.29, 0.717) is 28.3 Å². The molecule has 2 aromatic heterocycles. The number of fused-ring (bicyclic) bond motifs is 1. The van der Waals surface area contributed by atoms with E-state index in [-0.39, 0.29) is 29.9 Å². The minimum Gasteiger partial charge on any atom is -0.497 e. The minimum absolute atomic E-state index is 0.112. The first kappa shape index (κ1) is 23.9. The van der Waals surface area contributed by atoms with Crippen molar-refractivity contribution >= 4 is 24.0 Å². The number of nitrogens with one attached hydrogen (secondary N) is 1. The summed E-state index contributed by atoms with van der Waals surface area (Å²) in [5.41, 5.74) is 2.00. The highest BCUT2D eigenvalue weighted by molar-refractivity contribution is 5.98. The lowest BCUT2D eigenvalue weighted by atomic mass is 10.1. The minimum atomic E-state index is -5.20. The van der Waals surface area contributed by atoms with Crippen LogP contribution < -0.4 is 19.6 Å². The molecule has 0 bridgehead atoms. The number of amides is 1. The highest BCUT2D eigenvalue weighted by Crippen LogP contribution is 2.30. The molecule has 0 saturated heterocycles. The summed E-state index contributed by atoms with van der Waals surface area (Å²) in [4.78, 5) is 32.8. The molecule has 1 amide bonds. The predicted molar refractivity (Wildman–Crippen MR) is 120 cm³/mol. The first-order valence-corrected chi connectivity index (χ1v) is 10.4. The van der Waals surface area contributed by atoms with Crippen molar-refractivity contribution in [3.8, 4) is 22.8 Å². The van der Waals surface area contributed by atoms with Crippen molar-refractivity contribution in [1.29, 1.82) is 0 Å². The topological polar surface area (TPSA) is 91.7 Å². The summed E-state index contributed by atoms with van der Waals surface area (Å²) in [5, 5.41) is 2.62. The normalized spacial score (nSPS) is 13.3. The fourth-order valence-electron chi connectivity index (χ4n) is 3.64. The number of ether oxygens (including phenoxy) is 2. The molecule has 1 aliphatic heterocycles. The van der Waals surface area contributed by atoms with Crippen molar-refractivity contribution in [3.05, 3.63) is 65.1 Å². The summed E-state index contributed by atoms with van der Waals surface area (Å²) in [7, 11) is 3.08. The standard InChI is InChI=1S/C24H20F3N3O5/c1-33-17-5-6-21(34-2)15(12-17)3-4-16-11-14(7-9-28-16)20-13-18-19(8-10-29-22(18)31)30(20)35-23(32)24(25,26)27/h3-7,9,11-13H,8,10H2,1-2H3,(H,29,31). The van der Waals surface area contributed by atoms with Crippen LogP contribution in [0.1, 0.15) is 27.3 Å². The lowest BCUT2D eigenvalue weighted by Crippen LogP contribution is -2.37. The molecule has 0 atom stereocenters. The summed E-state index contributed by atoms with van der Waals surface area (Å²) in [6, 6.07) is 9.80. The van der Waals surface area contributed by atoms with Crippen LogP contribution in [0, 0.1) is 0 Å². The van der Waals surface area contributed by atoms with E-state index in [0.717, 1.165) is 4.73 Å². The molecule has 4 rings (SSSR count). The number of hydrogen-bond acceptors (Lipinski definition) is 6. The second kappa shape index (κ2) is 9.53. The Kier molecular flexibility index (Phi) is 6.50. The molecule has 0 aliphatic carbocycles. The van der Waals surface area contributed by atoms with Crippen molar-refractivity contribution in [3.63, 3.8) is 0 Å². The molecule has 0 radical (unpaired) electrons. The summed E-state index contributed by atoms with van der Waals surface area (Å²) in [6.45, 7) is 0.200. The molecule has 0 spiro atoms. The number of nitrogens with zero attached hydrogens (tertiary/aromatic N) is 2.